The van der Waals surface area contributed by atoms with Gasteiger partial charge in [-0.2, -0.15) is 9.78 Å². The van der Waals surface area contributed by atoms with Gasteiger partial charge < -0.3 is 5.32 Å². The van der Waals surface area contributed by atoms with Gasteiger partial charge in [0, 0.05) is 23.7 Å². The third-order valence-corrected chi connectivity index (χ3v) is 3.89. The van der Waals surface area contributed by atoms with Crippen LogP contribution in [0.5, 0.6) is 0 Å². The summed E-state index contributed by atoms with van der Waals surface area (Å²) in [6.07, 6.45) is 3.83. The van der Waals surface area contributed by atoms with Crippen molar-refractivity contribution in [1.29, 1.82) is 0 Å². The van der Waals surface area contributed by atoms with Gasteiger partial charge in [0.1, 0.15) is 11.4 Å². The smallest absolute Gasteiger partial charge is 0.270 e. The molecular formula is C13H21N6+. The Labute approximate surface area is 112 Å². The Bertz CT molecular complexity index is 556. The molecule has 0 fully saturated rings. The first-order valence-corrected chi connectivity index (χ1v) is 6.96. The number of rotatable bonds is 3. The van der Waals surface area contributed by atoms with Crippen LogP contribution in [0.4, 0.5) is 0 Å². The third-order valence-electron chi connectivity index (χ3n) is 3.89. The van der Waals surface area contributed by atoms with Crippen LogP contribution in [0.3, 0.4) is 0 Å². The summed E-state index contributed by atoms with van der Waals surface area (Å²) in [5, 5.41) is 15.3. The molecule has 3 heterocycles. The molecule has 0 saturated heterocycles. The van der Waals surface area contributed by atoms with Crippen LogP contribution in [0.25, 0.3) is 5.82 Å². The zero-order valence-corrected chi connectivity index (χ0v) is 11.7. The Morgan fingerprint density at radius 3 is 3.11 bits per heavy atom. The molecule has 3 rings (SSSR count). The van der Waals surface area contributed by atoms with Crippen LogP contribution < -0.4 is 10.00 Å². The number of aromatic amines is 1. The minimum atomic E-state index is 0.410. The van der Waals surface area contributed by atoms with E-state index in [1.54, 1.807) is 6.20 Å². The van der Waals surface area contributed by atoms with Gasteiger partial charge in [0.05, 0.1) is 18.8 Å². The Hall–Kier alpha value is -1.69. The van der Waals surface area contributed by atoms with Gasteiger partial charge >= 0.3 is 0 Å². The van der Waals surface area contributed by atoms with Crippen molar-refractivity contribution in [1.82, 2.24) is 25.4 Å². The first kappa shape index (κ1) is 12.3. The van der Waals surface area contributed by atoms with E-state index < -0.39 is 0 Å². The summed E-state index contributed by atoms with van der Waals surface area (Å²) in [7, 11) is 0. The average Bonchev–Trinajstić information content (AvgIpc) is 3.03. The molecule has 2 aromatic rings. The second-order valence-electron chi connectivity index (χ2n) is 5.32. The average molecular weight is 261 g/mol. The predicted octanol–water partition coefficient (Wildman–Crippen LogP) is 0.888. The molecule has 19 heavy (non-hydrogen) atoms. The van der Waals surface area contributed by atoms with Gasteiger partial charge in [-0.25, -0.2) is 0 Å². The fourth-order valence-corrected chi connectivity index (χ4v) is 2.57. The van der Waals surface area contributed by atoms with Crippen LogP contribution in [0.15, 0.2) is 12.3 Å². The molecular weight excluding hydrogens is 240 g/mol. The summed E-state index contributed by atoms with van der Waals surface area (Å²) in [5.74, 6) is 0.937. The first-order valence-electron chi connectivity index (χ1n) is 6.96. The SMILES string of the molecule is CCC(C)n1n[n+](-c2ccn[nH]2)c2c1CNC(C)C2. The standard InChI is InChI=1S/C13H21N6/c1-4-10(3)18-12-8-14-9(2)7-11(12)19(17-18)13-5-6-15-16-13/h5-6,9-10,14H,4,7-8H2,1-3H3,(H,15,16)/q+1. The van der Waals surface area contributed by atoms with E-state index in [9.17, 15) is 0 Å². The second-order valence-corrected chi connectivity index (χ2v) is 5.32. The number of hydrogen-bond acceptors (Lipinski definition) is 3. The van der Waals surface area contributed by atoms with Crippen molar-refractivity contribution < 1.29 is 4.68 Å². The van der Waals surface area contributed by atoms with Crippen LogP contribution in [-0.4, -0.2) is 26.1 Å². The lowest BCUT2D eigenvalue weighted by Gasteiger charge is -2.19. The topological polar surface area (TPSA) is 62.4 Å². The van der Waals surface area contributed by atoms with Crippen LogP contribution in [-0.2, 0) is 13.0 Å². The quantitative estimate of drug-likeness (QED) is 0.807. The molecule has 0 saturated carbocycles. The molecule has 2 atom stereocenters. The molecule has 0 spiro atoms. The van der Waals surface area contributed by atoms with E-state index in [4.69, 9.17) is 5.21 Å². The Morgan fingerprint density at radius 2 is 2.42 bits per heavy atom. The minimum absolute atomic E-state index is 0.410. The molecule has 2 aromatic heterocycles. The highest BCUT2D eigenvalue weighted by atomic mass is 15.5. The number of hydrogen-bond donors (Lipinski definition) is 2. The van der Waals surface area contributed by atoms with Gasteiger partial charge in [-0.3, -0.25) is 0 Å². The third kappa shape index (κ3) is 2.06. The highest BCUT2D eigenvalue weighted by Gasteiger charge is 2.31. The monoisotopic (exact) mass is 261 g/mol. The Morgan fingerprint density at radius 1 is 1.58 bits per heavy atom. The summed E-state index contributed by atoms with van der Waals surface area (Å²) in [6.45, 7) is 7.50. The highest BCUT2D eigenvalue weighted by molar-refractivity contribution is 5.15. The molecule has 2 unspecified atom stereocenters. The van der Waals surface area contributed by atoms with Crippen molar-refractivity contribution in [2.75, 3.05) is 0 Å². The van der Waals surface area contributed by atoms with E-state index in [-0.39, 0.29) is 0 Å². The van der Waals surface area contributed by atoms with E-state index >= 15 is 0 Å². The molecule has 0 aromatic carbocycles. The second kappa shape index (κ2) is 4.77. The maximum Gasteiger partial charge on any atom is 0.270 e. The summed E-state index contributed by atoms with van der Waals surface area (Å²) in [5.41, 5.74) is 2.58. The summed E-state index contributed by atoms with van der Waals surface area (Å²) in [4.78, 5) is 0. The normalized spacial score (nSPS) is 20.3. The molecule has 0 amide bonds. The minimum Gasteiger partial charge on any atom is -0.307 e. The van der Waals surface area contributed by atoms with Crippen molar-refractivity contribution in [3.63, 3.8) is 0 Å². The predicted molar refractivity (Wildman–Crippen MR) is 70.9 cm³/mol. The van der Waals surface area contributed by atoms with Gasteiger partial charge in [0.25, 0.3) is 5.82 Å². The molecule has 0 radical (unpaired) electrons. The van der Waals surface area contributed by atoms with Crippen molar-refractivity contribution in [2.24, 2.45) is 0 Å². The first-order chi connectivity index (χ1) is 9.20. The molecule has 2 N–H and O–H groups in total. The number of H-pyrrole nitrogens is 1. The van der Waals surface area contributed by atoms with Crippen molar-refractivity contribution in [3.05, 3.63) is 23.7 Å². The van der Waals surface area contributed by atoms with Crippen molar-refractivity contribution in [2.45, 2.75) is 52.2 Å². The van der Waals surface area contributed by atoms with Crippen LogP contribution in [0.1, 0.15) is 44.6 Å². The zero-order chi connectivity index (χ0) is 13.4. The molecule has 0 bridgehead atoms. The number of aromatic nitrogens is 5. The van der Waals surface area contributed by atoms with Gasteiger partial charge in [0.15, 0.2) is 0 Å². The Kier molecular flexibility index (Phi) is 3.10. The van der Waals surface area contributed by atoms with Gasteiger partial charge in [-0.05, 0) is 20.3 Å². The molecule has 1 aliphatic rings. The number of nitrogens with one attached hydrogen (secondary N) is 2. The van der Waals surface area contributed by atoms with Gasteiger partial charge in [-0.15, -0.1) is 9.78 Å². The number of fused-ring (bicyclic) bond motifs is 1. The number of nitrogens with zero attached hydrogens (tertiary/aromatic N) is 4. The fourth-order valence-electron chi connectivity index (χ4n) is 2.57. The molecule has 6 heteroatoms. The highest BCUT2D eigenvalue weighted by Crippen LogP contribution is 2.19. The van der Waals surface area contributed by atoms with Crippen molar-refractivity contribution in [3.8, 4) is 5.82 Å². The van der Waals surface area contributed by atoms with E-state index in [0.29, 0.717) is 12.1 Å². The zero-order valence-electron chi connectivity index (χ0n) is 11.7. The van der Waals surface area contributed by atoms with Crippen molar-refractivity contribution >= 4 is 0 Å². The summed E-state index contributed by atoms with van der Waals surface area (Å²) >= 11 is 0. The largest absolute Gasteiger partial charge is 0.307 e. The van der Waals surface area contributed by atoms with E-state index in [2.05, 4.69) is 41.0 Å². The van der Waals surface area contributed by atoms with E-state index in [1.807, 2.05) is 10.7 Å². The molecule has 6 nitrogen and oxygen atoms in total. The van der Waals surface area contributed by atoms with Gasteiger partial charge in [0.2, 0.25) is 0 Å². The van der Waals surface area contributed by atoms with E-state index in [1.165, 1.54) is 11.4 Å². The van der Waals surface area contributed by atoms with Gasteiger partial charge in [-0.1, -0.05) is 6.92 Å². The summed E-state index contributed by atoms with van der Waals surface area (Å²) < 4.78 is 4.15. The van der Waals surface area contributed by atoms with Crippen LogP contribution >= 0.6 is 0 Å². The lowest BCUT2D eigenvalue weighted by atomic mass is 10.1. The molecule has 102 valence electrons. The fraction of sp³-hybridized carbons (Fsp3) is 0.615. The van der Waals surface area contributed by atoms with E-state index in [0.717, 1.165) is 25.2 Å². The van der Waals surface area contributed by atoms with Crippen LogP contribution in [0.2, 0.25) is 0 Å². The van der Waals surface area contributed by atoms with Crippen LogP contribution in [0, 0.1) is 0 Å². The molecule has 0 aliphatic carbocycles. The Balaban J connectivity index is 2.12. The maximum atomic E-state index is 4.76. The lowest BCUT2D eigenvalue weighted by Crippen LogP contribution is -2.43. The summed E-state index contributed by atoms with van der Waals surface area (Å²) in [6, 6.07) is 2.85. The lowest BCUT2D eigenvalue weighted by molar-refractivity contribution is -0.673. The maximum absolute atomic E-state index is 4.76. The molecule has 1 aliphatic heterocycles.